The third-order valence-electron chi connectivity index (χ3n) is 7.28. The maximum atomic E-state index is 14.4. The minimum absolute atomic E-state index is 0.0433. The number of carbonyl (C=O) groups is 1. The number of hydrogen-bond acceptors (Lipinski definition) is 6. The highest BCUT2D eigenvalue weighted by Crippen LogP contribution is 2.45. The number of aliphatic hydroxyl groups is 1. The number of azide groups is 1. The summed E-state index contributed by atoms with van der Waals surface area (Å²) in [4.78, 5) is 22.4. The summed E-state index contributed by atoms with van der Waals surface area (Å²) in [6.07, 6.45) is 3.63. The van der Waals surface area contributed by atoms with Crippen molar-refractivity contribution in [1.82, 2.24) is 5.32 Å². The molecule has 0 radical (unpaired) electrons. The van der Waals surface area contributed by atoms with Crippen molar-refractivity contribution in [3.63, 3.8) is 0 Å². The number of carbonyl (C=O) groups excluding carboxylic acids is 1. The molecule has 0 aromatic heterocycles. The third kappa shape index (κ3) is 7.72. The summed E-state index contributed by atoms with van der Waals surface area (Å²) in [6.45, 7) is 0.649. The second-order valence-corrected chi connectivity index (χ2v) is 10.8. The number of nitrogens with zero attached hydrogens (tertiary/aromatic N) is 4. The second kappa shape index (κ2) is 15.1. The van der Waals surface area contributed by atoms with E-state index in [1.54, 1.807) is 48.5 Å². The number of hydrogen-bond donors (Lipinski definition) is 2. The van der Waals surface area contributed by atoms with Crippen LogP contribution in [0.5, 0.6) is 5.75 Å². The van der Waals surface area contributed by atoms with E-state index in [4.69, 9.17) is 31.2 Å². The van der Waals surface area contributed by atoms with E-state index in [2.05, 4.69) is 15.3 Å². The lowest BCUT2D eigenvalue weighted by Gasteiger charge is -2.30. The first-order chi connectivity index (χ1) is 22.0. The van der Waals surface area contributed by atoms with Crippen LogP contribution in [0.4, 0.5) is 5.69 Å². The number of rotatable bonds is 13. The van der Waals surface area contributed by atoms with Crippen LogP contribution < -0.4 is 10.1 Å². The van der Waals surface area contributed by atoms with Crippen LogP contribution in [0.1, 0.15) is 41.2 Å². The molecular weight excluding hydrogens is 590 g/mol. The van der Waals surface area contributed by atoms with Crippen molar-refractivity contribution in [1.29, 1.82) is 0 Å². The molecule has 9 nitrogen and oxygen atoms in total. The Morgan fingerprint density at radius 3 is 2.60 bits per heavy atom. The molecule has 2 atom stereocenters. The third-order valence-corrected chi connectivity index (χ3v) is 7.52. The zero-order chi connectivity index (χ0) is 31.5. The SMILES string of the molecule is [N-]=[N+]=Nc1ccccc1[C@H]1OC(c2ccc(OCCCO)cc2)=N[C@@]1(C/C=C/c1ccccc1)C(=O)NCc1cccc(Cl)c1. The number of nitrogens with one attached hydrogen (secondary N) is 1. The zero-order valence-electron chi connectivity index (χ0n) is 24.4. The van der Waals surface area contributed by atoms with E-state index >= 15 is 0 Å². The first kappa shape index (κ1) is 31.3. The highest BCUT2D eigenvalue weighted by molar-refractivity contribution is 6.30. The highest BCUT2D eigenvalue weighted by Gasteiger charge is 2.53. The molecule has 0 saturated heterocycles. The molecule has 1 aliphatic rings. The van der Waals surface area contributed by atoms with Gasteiger partial charge in [0.2, 0.25) is 5.90 Å². The minimum atomic E-state index is -1.46. The van der Waals surface area contributed by atoms with Gasteiger partial charge in [0.05, 0.1) is 6.61 Å². The summed E-state index contributed by atoms with van der Waals surface area (Å²) >= 11 is 6.20. The van der Waals surface area contributed by atoms with Crippen LogP contribution >= 0.6 is 11.6 Å². The number of amides is 1. The van der Waals surface area contributed by atoms with Crippen molar-refractivity contribution in [2.75, 3.05) is 13.2 Å². The molecule has 10 heteroatoms. The Morgan fingerprint density at radius 1 is 1.07 bits per heavy atom. The maximum absolute atomic E-state index is 14.4. The predicted molar refractivity (Wildman–Crippen MR) is 175 cm³/mol. The Morgan fingerprint density at radius 2 is 1.84 bits per heavy atom. The average Bonchev–Trinajstić information content (AvgIpc) is 3.45. The zero-order valence-corrected chi connectivity index (χ0v) is 25.2. The fraction of sp³-hybridized carbons (Fsp3) is 0.200. The maximum Gasteiger partial charge on any atom is 0.252 e. The molecule has 1 heterocycles. The van der Waals surface area contributed by atoms with Gasteiger partial charge in [0, 0.05) is 52.7 Å². The summed E-state index contributed by atoms with van der Waals surface area (Å²) in [5, 5.41) is 16.6. The van der Waals surface area contributed by atoms with Gasteiger partial charge in [-0.15, -0.1) is 0 Å². The molecule has 5 rings (SSSR count). The normalized spacial score (nSPS) is 17.3. The average molecular weight is 622 g/mol. The van der Waals surface area contributed by atoms with E-state index in [0.717, 1.165) is 11.1 Å². The molecule has 0 fully saturated rings. The van der Waals surface area contributed by atoms with Gasteiger partial charge < -0.3 is 19.9 Å². The fourth-order valence-corrected chi connectivity index (χ4v) is 5.27. The largest absolute Gasteiger partial charge is 0.494 e. The summed E-state index contributed by atoms with van der Waals surface area (Å²) in [6, 6.07) is 31.3. The first-order valence-corrected chi connectivity index (χ1v) is 14.9. The van der Waals surface area contributed by atoms with Gasteiger partial charge in [-0.1, -0.05) is 95.6 Å². The van der Waals surface area contributed by atoms with Crippen molar-refractivity contribution in [3.8, 4) is 5.75 Å². The van der Waals surface area contributed by atoms with Crippen LogP contribution in [0.15, 0.2) is 119 Å². The summed E-state index contributed by atoms with van der Waals surface area (Å²) in [5.41, 5.74) is 11.2. The molecule has 0 unspecified atom stereocenters. The number of aliphatic imine (C=N–C) groups is 1. The van der Waals surface area contributed by atoms with Gasteiger partial charge in [-0.3, -0.25) is 4.79 Å². The van der Waals surface area contributed by atoms with Gasteiger partial charge in [0.15, 0.2) is 11.6 Å². The minimum Gasteiger partial charge on any atom is -0.494 e. The Balaban J connectivity index is 1.57. The van der Waals surface area contributed by atoms with Crippen LogP contribution in [0.25, 0.3) is 16.5 Å². The molecule has 0 spiro atoms. The van der Waals surface area contributed by atoms with Crippen LogP contribution in [0, 0.1) is 0 Å². The molecule has 1 amide bonds. The standard InChI is InChI=1S/C35H32ClN5O4/c36-28-13-6-11-26(23-28)24-38-34(43)35(20-7-12-25-9-2-1-3-10-25)32(30-14-4-5-15-31(30)40-41-37)45-33(39-35)27-16-18-29(19-17-27)44-22-8-21-42/h1-7,9-19,23,32,42H,8,20-22,24H2,(H,38,43)/b12-7+/t32-,35-/m1/s1. The monoisotopic (exact) mass is 621 g/mol. The highest BCUT2D eigenvalue weighted by atomic mass is 35.5. The van der Waals surface area contributed by atoms with E-state index in [1.807, 2.05) is 66.7 Å². The molecule has 2 N–H and O–H groups in total. The van der Waals surface area contributed by atoms with E-state index in [1.165, 1.54) is 0 Å². The quantitative estimate of drug-likeness (QED) is 0.0685. The Labute approximate surface area is 266 Å². The van der Waals surface area contributed by atoms with Crippen LogP contribution in [-0.4, -0.2) is 35.7 Å². The Kier molecular flexibility index (Phi) is 10.5. The number of ether oxygens (including phenoxy) is 2. The van der Waals surface area contributed by atoms with E-state index < -0.39 is 11.6 Å². The van der Waals surface area contributed by atoms with Gasteiger partial charge in [-0.2, -0.15) is 0 Å². The van der Waals surface area contributed by atoms with Crippen LogP contribution in [-0.2, 0) is 16.1 Å². The fourth-order valence-electron chi connectivity index (χ4n) is 5.06. The summed E-state index contributed by atoms with van der Waals surface area (Å²) in [7, 11) is 0. The van der Waals surface area contributed by atoms with Crippen molar-refractivity contribution in [2.24, 2.45) is 10.1 Å². The predicted octanol–water partition coefficient (Wildman–Crippen LogP) is 7.72. The molecule has 45 heavy (non-hydrogen) atoms. The molecule has 0 bridgehead atoms. The van der Waals surface area contributed by atoms with E-state index in [0.29, 0.717) is 40.6 Å². The lowest BCUT2D eigenvalue weighted by Crippen LogP contribution is -2.47. The van der Waals surface area contributed by atoms with Gasteiger partial charge in [0.25, 0.3) is 5.91 Å². The summed E-state index contributed by atoms with van der Waals surface area (Å²) in [5.74, 6) is 0.538. The van der Waals surface area contributed by atoms with Crippen molar-refractivity contribution in [2.45, 2.75) is 31.0 Å². The number of benzene rings is 4. The molecule has 1 aliphatic heterocycles. The molecule has 4 aromatic carbocycles. The van der Waals surface area contributed by atoms with Gasteiger partial charge >= 0.3 is 0 Å². The van der Waals surface area contributed by atoms with Crippen LogP contribution in [0.3, 0.4) is 0 Å². The molecule has 0 aliphatic carbocycles. The van der Waals surface area contributed by atoms with Crippen molar-refractivity contribution < 1.29 is 19.4 Å². The lowest BCUT2D eigenvalue weighted by atomic mass is 9.83. The number of halogens is 1. The van der Waals surface area contributed by atoms with Crippen molar-refractivity contribution in [3.05, 3.63) is 147 Å². The summed E-state index contributed by atoms with van der Waals surface area (Å²) < 4.78 is 12.2. The van der Waals surface area contributed by atoms with Crippen LogP contribution in [0.2, 0.25) is 5.02 Å². The van der Waals surface area contributed by atoms with E-state index in [9.17, 15) is 10.3 Å². The van der Waals surface area contributed by atoms with Gasteiger partial charge in [0.1, 0.15) is 5.75 Å². The van der Waals surface area contributed by atoms with Crippen molar-refractivity contribution >= 4 is 35.2 Å². The van der Waals surface area contributed by atoms with E-state index in [-0.39, 0.29) is 31.4 Å². The lowest BCUT2D eigenvalue weighted by molar-refractivity contribution is -0.129. The molecule has 0 saturated carbocycles. The number of aliphatic hydroxyl groups excluding tert-OH is 1. The molecule has 228 valence electrons. The Hall–Kier alpha value is -5.08. The smallest absolute Gasteiger partial charge is 0.252 e. The molecule has 4 aromatic rings. The second-order valence-electron chi connectivity index (χ2n) is 10.4. The van der Waals surface area contributed by atoms with Gasteiger partial charge in [-0.05, 0) is 53.1 Å². The topological polar surface area (TPSA) is 129 Å². The first-order valence-electron chi connectivity index (χ1n) is 14.5. The van der Waals surface area contributed by atoms with Gasteiger partial charge in [-0.25, -0.2) is 4.99 Å². The molecular formula is C35H32ClN5O4. The Bertz CT molecular complexity index is 1720.